The number of methoxy groups -OCH3 is 1. The molecule has 1 aliphatic rings. The highest BCUT2D eigenvalue weighted by Gasteiger charge is 2.31. The molecule has 1 saturated carbocycles. The molecule has 0 bridgehead atoms. The number of fused-ring (bicyclic) bond motifs is 1. The molecule has 9 heteroatoms. The summed E-state index contributed by atoms with van der Waals surface area (Å²) in [6.45, 7) is 4.74. The second kappa shape index (κ2) is 7.82. The summed E-state index contributed by atoms with van der Waals surface area (Å²) < 4.78 is 13.9. The monoisotopic (exact) mass is 399 g/mol. The Morgan fingerprint density at radius 2 is 2.24 bits per heavy atom. The number of ether oxygens (including phenoxy) is 1. The third kappa shape index (κ3) is 3.69. The van der Waals surface area contributed by atoms with Crippen LogP contribution in [-0.4, -0.2) is 39.0 Å². The van der Waals surface area contributed by atoms with E-state index in [1.165, 1.54) is 23.7 Å². The molecule has 0 aromatic carbocycles. The van der Waals surface area contributed by atoms with E-state index in [2.05, 4.69) is 22.3 Å². The van der Waals surface area contributed by atoms with Gasteiger partial charge in [0.2, 0.25) is 5.71 Å². The van der Waals surface area contributed by atoms with Gasteiger partial charge < -0.3 is 14.5 Å². The molecule has 0 radical (unpaired) electrons. The lowest BCUT2D eigenvalue weighted by atomic mass is 10.1. The Labute approximate surface area is 167 Å². The first-order valence-electron chi connectivity index (χ1n) is 9.83. The van der Waals surface area contributed by atoms with E-state index in [0.717, 1.165) is 0 Å². The highest BCUT2D eigenvalue weighted by Crippen LogP contribution is 2.40. The van der Waals surface area contributed by atoms with Crippen LogP contribution in [0.3, 0.4) is 0 Å². The molecule has 1 aliphatic carbocycles. The number of carbonyl (C=O) groups excluding carboxylic acids is 1. The minimum absolute atomic E-state index is 0.167. The molecule has 0 saturated heterocycles. The van der Waals surface area contributed by atoms with Crippen LogP contribution < -0.4 is 10.9 Å². The van der Waals surface area contributed by atoms with Gasteiger partial charge in [-0.2, -0.15) is 5.10 Å². The van der Waals surface area contributed by atoms with Crippen molar-refractivity contribution in [2.75, 3.05) is 19.0 Å². The summed E-state index contributed by atoms with van der Waals surface area (Å²) in [5.74, 6) is 1.15. The van der Waals surface area contributed by atoms with Crippen LogP contribution in [0.1, 0.15) is 48.3 Å². The van der Waals surface area contributed by atoms with Crippen LogP contribution in [-0.2, 0) is 11.3 Å². The highest BCUT2D eigenvalue weighted by atomic mass is 16.5. The smallest absolute Gasteiger partial charge is 0.265 e. The van der Waals surface area contributed by atoms with Crippen LogP contribution in [0.4, 0.5) is 5.82 Å². The van der Waals surface area contributed by atoms with E-state index >= 15 is 0 Å². The van der Waals surface area contributed by atoms with Gasteiger partial charge in [0, 0.05) is 26.3 Å². The zero-order valence-electron chi connectivity index (χ0n) is 16.8. The van der Waals surface area contributed by atoms with E-state index in [1.807, 2.05) is 4.68 Å². The van der Waals surface area contributed by atoms with Crippen molar-refractivity contribution >= 4 is 22.8 Å². The molecule has 154 valence electrons. The van der Waals surface area contributed by atoms with Gasteiger partial charge in [0.05, 0.1) is 17.8 Å². The number of nitrogens with zero attached hydrogens (tertiary/aromatic N) is 4. The molecular formula is C20H25N5O4. The fourth-order valence-corrected chi connectivity index (χ4v) is 3.64. The van der Waals surface area contributed by atoms with Gasteiger partial charge in [0.1, 0.15) is 23.3 Å². The number of nitrogens with one attached hydrogen (secondary N) is 1. The van der Waals surface area contributed by atoms with Crippen LogP contribution >= 0.6 is 0 Å². The molecule has 1 N–H and O–H groups in total. The Morgan fingerprint density at radius 1 is 1.45 bits per heavy atom. The van der Waals surface area contributed by atoms with Crippen molar-refractivity contribution in [3.63, 3.8) is 0 Å². The normalized spacial score (nSPS) is 15.0. The van der Waals surface area contributed by atoms with Crippen LogP contribution in [0.2, 0.25) is 0 Å². The number of furan rings is 1. The molecule has 29 heavy (non-hydrogen) atoms. The summed E-state index contributed by atoms with van der Waals surface area (Å²) in [4.78, 5) is 30.3. The molecule has 1 fully saturated rings. The molecule has 1 unspecified atom stereocenters. The third-order valence-corrected chi connectivity index (χ3v) is 5.43. The molecule has 3 aromatic rings. The molecule has 4 rings (SSSR count). The maximum atomic E-state index is 13.1. The van der Waals surface area contributed by atoms with Gasteiger partial charge >= 0.3 is 0 Å². The average molecular weight is 399 g/mol. The van der Waals surface area contributed by atoms with Crippen LogP contribution in [0.5, 0.6) is 0 Å². The van der Waals surface area contributed by atoms with E-state index in [4.69, 9.17) is 9.15 Å². The number of aryl methyl sites for hydroxylation is 2. The summed E-state index contributed by atoms with van der Waals surface area (Å²) in [7, 11) is 1.61. The second-order valence-corrected chi connectivity index (χ2v) is 7.50. The predicted molar refractivity (Wildman–Crippen MR) is 107 cm³/mol. The molecular weight excluding hydrogens is 374 g/mol. The summed E-state index contributed by atoms with van der Waals surface area (Å²) in [6.07, 6.45) is 6.12. The van der Waals surface area contributed by atoms with Crippen molar-refractivity contribution in [2.45, 2.75) is 45.7 Å². The minimum Gasteiger partial charge on any atom is -0.442 e. The van der Waals surface area contributed by atoms with Crippen LogP contribution in [0.25, 0.3) is 11.1 Å². The fourth-order valence-electron chi connectivity index (χ4n) is 3.64. The topological polar surface area (TPSA) is 104 Å². The van der Waals surface area contributed by atoms with E-state index < -0.39 is 5.91 Å². The third-order valence-electron chi connectivity index (χ3n) is 5.43. The van der Waals surface area contributed by atoms with Gasteiger partial charge in [-0.1, -0.05) is 0 Å². The summed E-state index contributed by atoms with van der Waals surface area (Å²) >= 11 is 0. The number of rotatable bonds is 8. The lowest BCUT2D eigenvalue weighted by molar-refractivity contribution is 0.102. The van der Waals surface area contributed by atoms with Crippen molar-refractivity contribution in [1.82, 2.24) is 19.3 Å². The number of hydrogen-bond donors (Lipinski definition) is 1. The highest BCUT2D eigenvalue weighted by molar-refractivity contribution is 6.12. The number of hydrogen-bond acceptors (Lipinski definition) is 6. The van der Waals surface area contributed by atoms with Crippen molar-refractivity contribution in [3.8, 4) is 0 Å². The van der Waals surface area contributed by atoms with Gasteiger partial charge in [-0.15, -0.1) is 0 Å². The quantitative estimate of drug-likeness (QED) is 0.584. The van der Waals surface area contributed by atoms with Crippen molar-refractivity contribution in [1.29, 1.82) is 0 Å². The maximum absolute atomic E-state index is 13.1. The van der Waals surface area contributed by atoms with E-state index in [-0.39, 0.29) is 28.3 Å². The van der Waals surface area contributed by atoms with Crippen molar-refractivity contribution in [2.24, 2.45) is 5.92 Å². The Balaban J connectivity index is 1.65. The second-order valence-electron chi connectivity index (χ2n) is 7.50. The molecule has 1 atom stereocenters. The Hall–Kier alpha value is -2.94. The molecule has 9 nitrogen and oxygen atoms in total. The predicted octanol–water partition coefficient (Wildman–Crippen LogP) is 2.75. The lowest BCUT2D eigenvalue weighted by Gasteiger charge is -2.15. The van der Waals surface area contributed by atoms with Gasteiger partial charge in [0.25, 0.3) is 11.5 Å². The zero-order valence-corrected chi connectivity index (χ0v) is 16.8. The van der Waals surface area contributed by atoms with Crippen molar-refractivity contribution < 1.29 is 13.9 Å². The lowest BCUT2D eigenvalue weighted by Crippen LogP contribution is -2.24. The minimum atomic E-state index is -0.403. The number of amides is 1. The van der Waals surface area contributed by atoms with Crippen LogP contribution in [0, 0.1) is 12.8 Å². The number of anilines is 1. The Kier molecular flexibility index (Phi) is 5.23. The van der Waals surface area contributed by atoms with Gasteiger partial charge in [-0.05, 0) is 39.0 Å². The first-order chi connectivity index (χ1) is 14.0. The van der Waals surface area contributed by atoms with E-state index in [1.54, 1.807) is 26.3 Å². The standard InChI is InChI=1S/C20H25N5O4/c1-12(14-5-6-14)25-15(7-8-22-25)23-18(26)16-13(2)29-19-17(16)20(27)24(11-21-19)9-4-10-28-3/h7-8,11-12,14H,4-6,9-10H2,1-3H3,(H,23,26). The molecule has 3 aromatic heterocycles. The average Bonchev–Trinajstić information content (AvgIpc) is 3.35. The Morgan fingerprint density at radius 3 is 2.97 bits per heavy atom. The molecule has 1 amide bonds. The summed E-state index contributed by atoms with van der Waals surface area (Å²) in [5.41, 5.74) is 0.0823. The van der Waals surface area contributed by atoms with Gasteiger partial charge in [-0.25, -0.2) is 9.67 Å². The molecule has 0 spiro atoms. The fraction of sp³-hybridized carbons (Fsp3) is 0.500. The van der Waals surface area contributed by atoms with Gasteiger partial charge in [0.15, 0.2) is 0 Å². The SMILES string of the molecule is COCCCn1cnc2oc(C)c(C(=O)Nc3ccnn3C(C)C3CC3)c2c1=O. The summed E-state index contributed by atoms with van der Waals surface area (Å²) in [6, 6.07) is 1.97. The first kappa shape index (κ1) is 19.4. The maximum Gasteiger partial charge on any atom is 0.265 e. The molecule has 3 heterocycles. The number of aromatic nitrogens is 4. The Bertz CT molecular complexity index is 1090. The summed E-state index contributed by atoms with van der Waals surface area (Å²) in [5, 5.41) is 7.45. The van der Waals surface area contributed by atoms with E-state index in [9.17, 15) is 9.59 Å². The van der Waals surface area contributed by atoms with Crippen molar-refractivity contribution in [3.05, 3.63) is 40.3 Å². The van der Waals surface area contributed by atoms with Crippen LogP contribution in [0.15, 0.2) is 27.8 Å². The zero-order chi connectivity index (χ0) is 20.5. The largest absolute Gasteiger partial charge is 0.442 e. The van der Waals surface area contributed by atoms with Gasteiger partial charge in [-0.3, -0.25) is 14.2 Å². The number of carbonyl (C=O) groups is 1. The first-order valence-corrected chi connectivity index (χ1v) is 9.83. The molecule has 0 aliphatic heterocycles. The van der Waals surface area contributed by atoms with E-state index in [0.29, 0.717) is 37.1 Å².